The van der Waals surface area contributed by atoms with Gasteiger partial charge in [-0.3, -0.25) is 0 Å². The van der Waals surface area contributed by atoms with Gasteiger partial charge in [0.15, 0.2) is 0 Å². The van der Waals surface area contributed by atoms with Crippen molar-refractivity contribution in [3.63, 3.8) is 0 Å². The molecule has 0 aliphatic carbocycles. The molecule has 1 atom stereocenters. The molecule has 1 unspecified atom stereocenters. The first-order valence-corrected chi connectivity index (χ1v) is 11.3. The van der Waals surface area contributed by atoms with Crippen molar-refractivity contribution in [3.8, 4) is 0 Å². The zero-order valence-corrected chi connectivity index (χ0v) is 20.4. The number of nitrogens with one attached hydrogen (secondary N) is 1. The van der Waals surface area contributed by atoms with Crippen molar-refractivity contribution in [1.82, 2.24) is 5.32 Å². The zero-order chi connectivity index (χ0) is 24.9. The van der Waals surface area contributed by atoms with Crippen LogP contribution in [0.15, 0.2) is 83.2 Å². The van der Waals surface area contributed by atoms with E-state index >= 15 is 0 Å². The largest absolute Gasteiger partial charge is 0.466 e. The first-order valence-electron chi connectivity index (χ1n) is 10.9. The lowest BCUT2D eigenvalue weighted by atomic mass is 9.80. The fourth-order valence-corrected chi connectivity index (χ4v) is 3.75. The van der Waals surface area contributed by atoms with Crippen LogP contribution in [0.2, 0.25) is 5.02 Å². The van der Waals surface area contributed by atoms with Gasteiger partial charge in [-0.1, -0.05) is 66.2 Å². The van der Waals surface area contributed by atoms with Gasteiger partial charge in [-0.2, -0.15) is 0 Å². The minimum atomic E-state index is -0.752. The van der Waals surface area contributed by atoms with Crippen molar-refractivity contribution in [3.05, 3.63) is 93.8 Å². The summed E-state index contributed by atoms with van der Waals surface area (Å²) in [6.45, 7) is 4.42. The van der Waals surface area contributed by atoms with E-state index in [-0.39, 0.29) is 18.8 Å². The molecule has 0 amide bonds. The van der Waals surface area contributed by atoms with Gasteiger partial charge < -0.3 is 25.3 Å². The molecular formula is C26H31ClN2O5. The number of hydrogen-bond donors (Lipinski definition) is 2. The number of rotatable bonds is 8. The highest BCUT2D eigenvalue weighted by Gasteiger charge is 2.39. The Labute approximate surface area is 205 Å². The maximum atomic E-state index is 12.9. The molecule has 3 N–H and O–H groups in total. The van der Waals surface area contributed by atoms with E-state index < -0.39 is 17.9 Å². The molecule has 3 rings (SSSR count). The van der Waals surface area contributed by atoms with Crippen molar-refractivity contribution < 1.29 is 23.8 Å². The maximum Gasteiger partial charge on any atom is 0.336 e. The number of ether oxygens (including phenoxy) is 3. The molecular weight excluding hydrogens is 456 g/mol. The quantitative estimate of drug-likeness (QED) is 0.430. The normalized spacial score (nSPS) is 15.1. The highest BCUT2D eigenvalue weighted by atomic mass is 35.5. The summed E-state index contributed by atoms with van der Waals surface area (Å²) < 4.78 is 15.8. The molecule has 0 aromatic heterocycles. The molecule has 182 valence electrons. The Morgan fingerprint density at radius 1 is 1.00 bits per heavy atom. The summed E-state index contributed by atoms with van der Waals surface area (Å²) in [5.74, 6) is -1.86. The Hall–Kier alpha value is -3.13. The monoisotopic (exact) mass is 486 g/mol. The number of dihydropyridines is 1. The average Bonchev–Trinajstić information content (AvgIpc) is 2.85. The number of hydrogen-bond acceptors (Lipinski definition) is 7. The molecule has 0 saturated heterocycles. The van der Waals surface area contributed by atoms with Gasteiger partial charge in [-0.15, -0.1) is 0 Å². The van der Waals surface area contributed by atoms with Crippen molar-refractivity contribution in [2.75, 3.05) is 33.5 Å². The van der Waals surface area contributed by atoms with Crippen LogP contribution in [-0.4, -0.2) is 45.4 Å². The minimum Gasteiger partial charge on any atom is -0.466 e. The van der Waals surface area contributed by atoms with Gasteiger partial charge in [-0.25, -0.2) is 9.59 Å². The zero-order valence-electron chi connectivity index (χ0n) is 19.7. The molecule has 0 saturated carbocycles. The van der Waals surface area contributed by atoms with Crippen molar-refractivity contribution in [2.24, 2.45) is 5.73 Å². The first-order chi connectivity index (χ1) is 16.5. The molecule has 1 aliphatic rings. The van der Waals surface area contributed by atoms with Crippen LogP contribution in [0.1, 0.15) is 25.3 Å². The summed E-state index contributed by atoms with van der Waals surface area (Å²) in [5.41, 5.74) is 7.70. The Morgan fingerprint density at radius 2 is 1.62 bits per heavy atom. The Morgan fingerprint density at radius 3 is 2.15 bits per heavy atom. The van der Waals surface area contributed by atoms with E-state index in [0.29, 0.717) is 40.7 Å². The Kier molecular flexibility index (Phi) is 11.3. The Bertz CT molecular complexity index is 994. The SMILES string of the molecule is CCOC(=O)C1=C(COCCN)NC(C)=C(C(=O)OC)C1c1ccccc1Cl.c1ccccc1. The number of carbonyl (C=O) groups excluding carboxylic acids is 2. The van der Waals surface area contributed by atoms with E-state index in [1.54, 1.807) is 38.1 Å². The number of halogens is 1. The van der Waals surface area contributed by atoms with Gasteiger partial charge >= 0.3 is 11.9 Å². The van der Waals surface area contributed by atoms with Crippen LogP contribution in [0, 0.1) is 0 Å². The van der Waals surface area contributed by atoms with Crippen LogP contribution >= 0.6 is 11.6 Å². The highest BCUT2D eigenvalue weighted by Crippen LogP contribution is 2.41. The minimum absolute atomic E-state index is 0.109. The molecule has 34 heavy (non-hydrogen) atoms. The summed E-state index contributed by atoms with van der Waals surface area (Å²) in [6.07, 6.45) is 0. The molecule has 8 heteroatoms. The average molecular weight is 487 g/mol. The first kappa shape index (κ1) is 27.1. The number of methoxy groups -OCH3 is 1. The van der Waals surface area contributed by atoms with Crippen LogP contribution in [0.25, 0.3) is 0 Å². The molecule has 2 aromatic carbocycles. The van der Waals surface area contributed by atoms with Crippen LogP contribution in [0.4, 0.5) is 0 Å². The van der Waals surface area contributed by atoms with E-state index in [1.165, 1.54) is 7.11 Å². The van der Waals surface area contributed by atoms with E-state index in [0.717, 1.165) is 0 Å². The molecule has 0 fully saturated rings. The van der Waals surface area contributed by atoms with Gasteiger partial charge in [0, 0.05) is 17.3 Å². The summed E-state index contributed by atoms with van der Waals surface area (Å²) in [5, 5.41) is 3.52. The lowest BCUT2D eigenvalue weighted by Gasteiger charge is -2.31. The fourth-order valence-electron chi connectivity index (χ4n) is 3.50. The lowest BCUT2D eigenvalue weighted by Crippen LogP contribution is -2.35. The molecule has 0 bridgehead atoms. The summed E-state index contributed by atoms with van der Waals surface area (Å²) in [7, 11) is 1.29. The van der Waals surface area contributed by atoms with Crippen LogP contribution < -0.4 is 11.1 Å². The van der Waals surface area contributed by atoms with Gasteiger partial charge in [0.2, 0.25) is 0 Å². The number of nitrogens with two attached hydrogens (primary N) is 1. The van der Waals surface area contributed by atoms with Crippen LogP contribution in [-0.2, 0) is 23.8 Å². The molecule has 1 heterocycles. The van der Waals surface area contributed by atoms with Gasteiger partial charge in [0.05, 0.1) is 49.7 Å². The van der Waals surface area contributed by atoms with E-state index in [9.17, 15) is 9.59 Å². The summed E-state index contributed by atoms with van der Waals surface area (Å²) in [6, 6.07) is 19.0. The van der Waals surface area contributed by atoms with Crippen LogP contribution in [0.3, 0.4) is 0 Å². The highest BCUT2D eigenvalue weighted by molar-refractivity contribution is 6.31. The molecule has 2 aromatic rings. The van der Waals surface area contributed by atoms with Crippen molar-refractivity contribution in [1.29, 1.82) is 0 Å². The smallest absolute Gasteiger partial charge is 0.336 e. The third kappa shape index (κ3) is 7.18. The van der Waals surface area contributed by atoms with Crippen molar-refractivity contribution in [2.45, 2.75) is 19.8 Å². The van der Waals surface area contributed by atoms with Gasteiger partial charge in [0.1, 0.15) is 0 Å². The molecule has 0 radical (unpaired) electrons. The van der Waals surface area contributed by atoms with Gasteiger partial charge in [-0.05, 0) is 25.5 Å². The summed E-state index contributed by atoms with van der Waals surface area (Å²) >= 11 is 6.42. The molecule has 1 aliphatic heterocycles. The molecule has 0 spiro atoms. The van der Waals surface area contributed by atoms with E-state index in [2.05, 4.69) is 5.32 Å². The third-order valence-corrected chi connectivity index (χ3v) is 5.28. The standard InChI is InChI=1S/C20H25ClN2O5.C6H6/c1-4-28-20(25)18-15(11-27-10-9-22)23-12(2)16(19(24)26-3)17(18)13-7-5-6-8-14(13)21;1-2-4-6-5-3-1/h5-8,17,23H,4,9-11,22H2,1-3H3;1-6H. The second-order valence-corrected chi connectivity index (χ2v) is 7.63. The maximum absolute atomic E-state index is 12.9. The predicted molar refractivity (Wildman–Crippen MR) is 132 cm³/mol. The second-order valence-electron chi connectivity index (χ2n) is 7.22. The van der Waals surface area contributed by atoms with Gasteiger partial charge in [0.25, 0.3) is 0 Å². The van der Waals surface area contributed by atoms with E-state index in [1.807, 2.05) is 36.4 Å². The fraction of sp³-hybridized carbons (Fsp3) is 0.308. The second kappa shape index (κ2) is 14.2. The topological polar surface area (TPSA) is 99.9 Å². The number of carbonyl (C=O) groups is 2. The lowest BCUT2D eigenvalue weighted by molar-refractivity contribution is -0.139. The number of esters is 2. The summed E-state index contributed by atoms with van der Waals surface area (Å²) in [4.78, 5) is 25.5. The number of benzene rings is 2. The Balaban J connectivity index is 0.000000589. The predicted octanol–water partition coefficient (Wildman–Crippen LogP) is 3.95. The van der Waals surface area contributed by atoms with E-state index in [4.69, 9.17) is 31.5 Å². The van der Waals surface area contributed by atoms with Crippen LogP contribution in [0.5, 0.6) is 0 Å². The third-order valence-electron chi connectivity index (χ3n) is 4.94. The molecule has 7 nitrogen and oxygen atoms in total. The van der Waals surface area contributed by atoms with Crippen molar-refractivity contribution >= 4 is 23.5 Å². The number of allylic oxidation sites excluding steroid dienone is 1.